The van der Waals surface area contributed by atoms with E-state index in [4.69, 9.17) is 4.74 Å². The van der Waals surface area contributed by atoms with Crippen LogP contribution in [0.25, 0.3) is 0 Å². The van der Waals surface area contributed by atoms with Gasteiger partial charge in [0.15, 0.2) is 0 Å². The molecule has 0 atom stereocenters. The number of methoxy groups -OCH3 is 1. The third kappa shape index (κ3) is 5.13. The van der Waals surface area contributed by atoms with Gasteiger partial charge in [-0.1, -0.05) is 19.3 Å². The van der Waals surface area contributed by atoms with E-state index in [0.29, 0.717) is 6.61 Å². The molecule has 1 aromatic heterocycles. The summed E-state index contributed by atoms with van der Waals surface area (Å²) in [7, 11) is 1.73. The predicted octanol–water partition coefficient (Wildman–Crippen LogP) is 2.82. The lowest BCUT2D eigenvalue weighted by atomic mass is 9.89. The summed E-state index contributed by atoms with van der Waals surface area (Å²) >= 11 is 1.54. The molecule has 1 aliphatic heterocycles. The van der Waals surface area contributed by atoms with Crippen LogP contribution in [0.4, 0.5) is 5.13 Å². The van der Waals surface area contributed by atoms with Gasteiger partial charge in [0, 0.05) is 51.2 Å². The highest BCUT2D eigenvalue weighted by Crippen LogP contribution is 2.25. The molecule has 5 nitrogen and oxygen atoms in total. The van der Waals surface area contributed by atoms with E-state index < -0.39 is 0 Å². The minimum Gasteiger partial charge on any atom is -0.384 e. The van der Waals surface area contributed by atoms with Crippen molar-refractivity contribution in [2.45, 2.75) is 44.9 Å². The van der Waals surface area contributed by atoms with E-state index in [0.717, 1.165) is 36.4 Å². The Morgan fingerprint density at radius 2 is 1.96 bits per heavy atom. The summed E-state index contributed by atoms with van der Waals surface area (Å²) in [6.45, 7) is 6.62. The van der Waals surface area contributed by atoms with Gasteiger partial charge in [0.05, 0.1) is 6.61 Å². The van der Waals surface area contributed by atoms with Crippen LogP contribution in [0, 0.1) is 5.92 Å². The van der Waals surface area contributed by atoms with E-state index in [1.807, 2.05) is 0 Å². The van der Waals surface area contributed by atoms with Crippen LogP contribution in [0.1, 0.15) is 44.3 Å². The van der Waals surface area contributed by atoms with Crippen molar-refractivity contribution < 1.29 is 4.74 Å². The third-order valence-corrected chi connectivity index (χ3v) is 5.90. The first-order chi connectivity index (χ1) is 11.3. The van der Waals surface area contributed by atoms with Crippen LogP contribution >= 0.6 is 11.5 Å². The molecule has 0 bridgehead atoms. The second-order valence-corrected chi connectivity index (χ2v) is 7.61. The summed E-state index contributed by atoms with van der Waals surface area (Å²) in [6.07, 6.45) is 9.28. The average Bonchev–Trinajstić information content (AvgIpc) is 2.93. The maximum Gasteiger partial charge on any atom is 0.205 e. The number of ether oxygens (including phenoxy) is 1. The molecule has 0 aromatic carbocycles. The van der Waals surface area contributed by atoms with Crippen LogP contribution in [0.2, 0.25) is 0 Å². The van der Waals surface area contributed by atoms with Crippen LogP contribution in [0.3, 0.4) is 0 Å². The largest absolute Gasteiger partial charge is 0.384 e. The molecule has 0 N–H and O–H groups in total. The Kier molecular flexibility index (Phi) is 6.66. The number of nitrogens with zero attached hydrogens (tertiary/aromatic N) is 4. The van der Waals surface area contributed by atoms with Gasteiger partial charge in [0.25, 0.3) is 0 Å². The highest BCUT2D eigenvalue weighted by Gasteiger charge is 2.21. The predicted molar refractivity (Wildman–Crippen MR) is 95.3 cm³/mol. The lowest BCUT2D eigenvalue weighted by molar-refractivity contribution is 0.201. The molecule has 1 saturated carbocycles. The zero-order valence-electron chi connectivity index (χ0n) is 14.4. The van der Waals surface area contributed by atoms with Gasteiger partial charge in [-0.3, -0.25) is 0 Å². The van der Waals surface area contributed by atoms with Crippen molar-refractivity contribution >= 4 is 16.7 Å². The van der Waals surface area contributed by atoms with Crippen molar-refractivity contribution in [3.63, 3.8) is 0 Å². The molecule has 2 fully saturated rings. The maximum absolute atomic E-state index is 5.11. The summed E-state index contributed by atoms with van der Waals surface area (Å²) in [6, 6.07) is 0. The van der Waals surface area contributed by atoms with Crippen molar-refractivity contribution in [1.82, 2.24) is 14.3 Å². The number of hydrogen-bond donors (Lipinski definition) is 0. The number of hydrogen-bond acceptors (Lipinski definition) is 6. The molecule has 2 heterocycles. The van der Waals surface area contributed by atoms with Crippen LogP contribution in [0.15, 0.2) is 0 Å². The third-order valence-electron chi connectivity index (χ3n) is 5.09. The molecule has 0 amide bonds. The first kappa shape index (κ1) is 17.1. The van der Waals surface area contributed by atoms with Crippen molar-refractivity contribution in [1.29, 1.82) is 0 Å². The molecule has 1 saturated heterocycles. The molecular formula is C17H30N4OS. The smallest absolute Gasteiger partial charge is 0.205 e. The summed E-state index contributed by atoms with van der Waals surface area (Å²) in [5.74, 6) is 1.87. The Bertz CT molecular complexity index is 461. The quantitative estimate of drug-likeness (QED) is 0.798. The Morgan fingerprint density at radius 3 is 2.78 bits per heavy atom. The Hall–Kier alpha value is -0.720. The van der Waals surface area contributed by atoms with Crippen LogP contribution in [0.5, 0.6) is 0 Å². The fourth-order valence-electron chi connectivity index (χ4n) is 3.75. The van der Waals surface area contributed by atoms with Gasteiger partial charge in [0.2, 0.25) is 5.13 Å². The highest BCUT2D eigenvalue weighted by molar-refractivity contribution is 7.09. The first-order valence-corrected chi connectivity index (χ1v) is 9.91. The van der Waals surface area contributed by atoms with Crippen molar-refractivity contribution in [3.05, 3.63) is 5.82 Å². The van der Waals surface area contributed by atoms with E-state index in [1.165, 1.54) is 58.2 Å². The van der Waals surface area contributed by atoms with Gasteiger partial charge < -0.3 is 14.5 Å². The van der Waals surface area contributed by atoms with E-state index in [2.05, 4.69) is 19.2 Å². The normalized spacial score (nSPS) is 21.5. The first-order valence-electron chi connectivity index (χ1n) is 9.14. The molecule has 23 heavy (non-hydrogen) atoms. The fraction of sp³-hybridized carbons (Fsp3) is 0.882. The molecule has 0 radical (unpaired) electrons. The second-order valence-electron chi connectivity index (χ2n) is 6.88. The van der Waals surface area contributed by atoms with Gasteiger partial charge in [-0.2, -0.15) is 4.37 Å². The van der Waals surface area contributed by atoms with E-state index in [-0.39, 0.29) is 0 Å². The topological polar surface area (TPSA) is 41.5 Å². The van der Waals surface area contributed by atoms with Gasteiger partial charge >= 0.3 is 0 Å². The van der Waals surface area contributed by atoms with E-state index in [1.54, 1.807) is 18.6 Å². The summed E-state index contributed by atoms with van der Waals surface area (Å²) in [5.41, 5.74) is 0. The van der Waals surface area contributed by atoms with Crippen molar-refractivity contribution in [2.24, 2.45) is 5.92 Å². The molecule has 3 rings (SSSR count). The molecule has 0 spiro atoms. The average molecular weight is 339 g/mol. The molecule has 0 unspecified atom stereocenters. The molecule has 130 valence electrons. The number of rotatable bonds is 6. The Labute approximate surface area is 144 Å². The van der Waals surface area contributed by atoms with Crippen molar-refractivity contribution in [2.75, 3.05) is 51.3 Å². The molecule has 6 heteroatoms. The van der Waals surface area contributed by atoms with Crippen LogP contribution in [-0.4, -0.2) is 60.7 Å². The van der Waals surface area contributed by atoms with Crippen molar-refractivity contribution in [3.8, 4) is 0 Å². The number of anilines is 1. The summed E-state index contributed by atoms with van der Waals surface area (Å²) in [4.78, 5) is 9.80. The van der Waals surface area contributed by atoms with E-state index >= 15 is 0 Å². The van der Waals surface area contributed by atoms with Crippen LogP contribution in [-0.2, 0) is 11.2 Å². The minimum absolute atomic E-state index is 0.700. The van der Waals surface area contributed by atoms with Gasteiger partial charge in [0.1, 0.15) is 5.82 Å². The number of aromatic nitrogens is 2. The van der Waals surface area contributed by atoms with Gasteiger partial charge in [-0.15, -0.1) is 0 Å². The zero-order chi connectivity index (χ0) is 15.9. The zero-order valence-corrected chi connectivity index (χ0v) is 15.2. The van der Waals surface area contributed by atoms with Gasteiger partial charge in [-0.25, -0.2) is 4.98 Å². The van der Waals surface area contributed by atoms with Gasteiger partial charge in [-0.05, 0) is 31.7 Å². The summed E-state index contributed by atoms with van der Waals surface area (Å²) < 4.78 is 9.58. The van der Waals surface area contributed by atoms with E-state index in [9.17, 15) is 0 Å². The molecule has 1 aromatic rings. The lowest BCUT2D eigenvalue weighted by Crippen LogP contribution is -2.34. The second kappa shape index (κ2) is 8.94. The Morgan fingerprint density at radius 1 is 1.09 bits per heavy atom. The Balaban J connectivity index is 1.48. The minimum atomic E-state index is 0.700. The standard InChI is InChI=1S/C17H30N4OS/c1-22-13-8-16-18-17(23-19-16)21-10-5-9-20(11-12-21)14-15-6-3-2-4-7-15/h15H,2-14H2,1H3. The van der Waals surface area contributed by atoms with Crippen LogP contribution < -0.4 is 4.90 Å². The SMILES string of the molecule is COCCc1nsc(N2CCCN(CC3CCCCC3)CC2)n1. The maximum atomic E-state index is 5.11. The molecule has 1 aliphatic carbocycles. The monoisotopic (exact) mass is 338 g/mol. The fourth-order valence-corrected chi connectivity index (χ4v) is 4.51. The lowest BCUT2D eigenvalue weighted by Gasteiger charge is -2.28. The highest BCUT2D eigenvalue weighted by atomic mass is 32.1. The molecule has 2 aliphatic rings. The summed E-state index contributed by atoms with van der Waals surface area (Å²) in [5, 5.41) is 1.09. The molecular weight excluding hydrogens is 308 g/mol.